The van der Waals surface area contributed by atoms with Crippen molar-refractivity contribution in [2.75, 3.05) is 39.6 Å². The molecular weight excluding hydrogens is 1160 g/mol. The van der Waals surface area contributed by atoms with Crippen molar-refractivity contribution in [3.05, 3.63) is 0 Å². The number of unbranched alkanes of at least 4 members (excludes halogenated alkanes) is 37. The van der Waals surface area contributed by atoms with Gasteiger partial charge in [-0.1, -0.05) is 298 Å². The highest BCUT2D eigenvalue weighted by Crippen LogP contribution is 2.45. The van der Waals surface area contributed by atoms with E-state index in [4.69, 9.17) is 37.0 Å². The van der Waals surface area contributed by atoms with Crippen molar-refractivity contribution in [1.82, 2.24) is 0 Å². The highest BCUT2D eigenvalue weighted by molar-refractivity contribution is 7.47. The van der Waals surface area contributed by atoms with Crippen LogP contribution in [0.1, 0.15) is 350 Å². The summed E-state index contributed by atoms with van der Waals surface area (Å²) in [6.07, 6.45) is 46.0. The smallest absolute Gasteiger partial charge is 0.462 e. The first-order valence-electron chi connectivity index (χ1n) is 36.0. The summed E-state index contributed by atoms with van der Waals surface area (Å²) in [6.45, 7) is 9.41. The van der Waals surface area contributed by atoms with Crippen LogP contribution in [0, 0.1) is 11.8 Å². The summed E-state index contributed by atoms with van der Waals surface area (Å²) in [5.41, 5.74) is 0. The lowest BCUT2D eigenvalue weighted by Gasteiger charge is -2.21. The van der Waals surface area contributed by atoms with Crippen LogP contribution in [0.3, 0.4) is 0 Å². The van der Waals surface area contributed by atoms with Crippen LogP contribution in [0.4, 0.5) is 0 Å². The van der Waals surface area contributed by atoms with Crippen LogP contribution in [-0.2, 0) is 65.4 Å². The fourth-order valence-electron chi connectivity index (χ4n) is 10.4. The molecule has 0 saturated carbocycles. The number of esters is 4. The Kier molecular flexibility index (Phi) is 59.9. The van der Waals surface area contributed by atoms with Gasteiger partial charge < -0.3 is 33.8 Å². The zero-order valence-corrected chi connectivity index (χ0v) is 58.8. The monoisotopic (exact) mass is 1300 g/mol. The molecule has 3 unspecified atom stereocenters. The second kappa shape index (κ2) is 61.3. The zero-order valence-electron chi connectivity index (χ0n) is 57.0. The molecule has 0 aromatic carbocycles. The number of carbonyl (C=O) groups excluding carboxylic acids is 4. The molecule has 0 radical (unpaired) electrons. The van der Waals surface area contributed by atoms with Crippen molar-refractivity contribution in [2.24, 2.45) is 11.8 Å². The maximum Gasteiger partial charge on any atom is 0.472 e. The third-order valence-electron chi connectivity index (χ3n) is 16.3. The van der Waals surface area contributed by atoms with Gasteiger partial charge in [-0.05, 0) is 37.5 Å². The van der Waals surface area contributed by atoms with E-state index in [1.807, 2.05) is 0 Å². The SMILES string of the molecule is CCCCCCCCCCCCCCCCCCC(=O)O[C@H](COC(=O)CCCCCCCCCCCCCCC)COP(=O)(O)OC[C@@H](O)COP(=O)(O)OC[C@@H](COC(=O)CCCCCCCCC(C)C)OC(=O)CCCCCCCCC(C)CC. The van der Waals surface area contributed by atoms with Gasteiger partial charge in [-0.25, -0.2) is 9.13 Å². The average Bonchev–Trinajstić information content (AvgIpc) is 3.68. The molecule has 522 valence electrons. The first-order chi connectivity index (χ1) is 42.4. The van der Waals surface area contributed by atoms with Crippen LogP contribution in [0.15, 0.2) is 0 Å². The molecule has 0 heterocycles. The summed E-state index contributed by atoms with van der Waals surface area (Å²) in [5.74, 6) is -0.729. The molecule has 17 nitrogen and oxygen atoms in total. The second-order valence-corrected chi connectivity index (χ2v) is 28.5. The van der Waals surface area contributed by atoms with E-state index in [2.05, 4.69) is 41.5 Å². The Morgan fingerprint density at radius 2 is 0.580 bits per heavy atom. The third kappa shape index (κ3) is 61.6. The van der Waals surface area contributed by atoms with Gasteiger partial charge in [0.2, 0.25) is 0 Å². The number of aliphatic hydroxyl groups is 1. The molecule has 0 spiro atoms. The number of phosphoric ester groups is 2. The van der Waals surface area contributed by atoms with Gasteiger partial charge >= 0.3 is 39.5 Å². The number of rotatable bonds is 68. The van der Waals surface area contributed by atoms with Crippen LogP contribution < -0.4 is 0 Å². The van der Waals surface area contributed by atoms with Crippen molar-refractivity contribution < 1.29 is 80.2 Å². The average molecular weight is 1300 g/mol. The molecule has 0 fully saturated rings. The molecule has 0 saturated heterocycles. The first-order valence-corrected chi connectivity index (χ1v) is 39.0. The number of ether oxygens (including phenoxy) is 4. The van der Waals surface area contributed by atoms with Crippen molar-refractivity contribution in [3.63, 3.8) is 0 Å². The van der Waals surface area contributed by atoms with E-state index in [1.54, 1.807) is 0 Å². The molecule has 6 atom stereocenters. The highest BCUT2D eigenvalue weighted by atomic mass is 31.2. The van der Waals surface area contributed by atoms with Crippen LogP contribution in [-0.4, -0.2) is 96.7 Å². The Balaban J connectivity index is 5.23. The fourth-order valence-corrected chi connectivity index (χ4v) is 12.0. The lowest BCUT2D eigenvalue weighted by Crippen LogP contribution is -2.30. The fraction of sp³-hybridized carbons (Fsp3) is 0.942. The van der Waals surface area contributed by atoms with Crippen LogP contribution in [0.2, 0.25) is 0 Å². The molecule has 19 heteroatoms. The Bertz CT molecular complexity index is 1720. The van der Waals surface area contributed by atoms with Crippen LogP contribution in [0.25, 0.3) is 0 Å². The minimum atomic E-state index is -4.95. The summed E-state index contributed by atoms with van der Waals surface area (Å²) in [4.78, 5) is 72.4. The molecule has 0 aromatic heterocycles. The van der Waals surface area contributed by atoms with Crippen molar-refractivity contribution in [2.45, 2.75) is 368 Å². The van der Waals surface area contributed by atoms with E-state index in [9.17, 15) is 43.2 Å². The minimum Gasteiger partial charge on any atom is -0.462 e. The molecule has 0 aliphatic rings. The van der Waals surface area contributed by atoms with Crippen LogP contribution in [0.5, 0.6) is 0 Å². The van der Waals surface area contributed by atoms with Gasteiger partial charge in [0.05, 0.1) is 26.4 Å². The van der Waals surface area contributed by atoms with E-state index >= 15 is 0 Å². The molecule has 0 bridgehead atoms. The maximum atomic E-state index is 13.0. The Labute approximate surface area is 537 Å². The standard InChI is InChI=1S/C69H134O17P2/c1-7-10-12-14-16-18-20-22-23-24-26-28-30-32-41-47-53-68(73)85-64(57-79-66(71)51-45-39-31-29-27-25-21-19-17-15-13-11-8-2)59-83-87(75,76)81-55-63(70)56-82-88(77,78)84-60-65(58-80-67(72)52-46-40-35-33-37-43-49-61(4)5)86-69(74)54-48-42-36-34-38-44-50-62(6)9-3/h61-65,70H,7-60H2,1-6H3,(H,75,76)(H,77,78)/t62?,63-,64-,65-/m1/s1. The topological polar surface area (TPSA) is 237 Å². The summed E-state index contributed by atoms with van der Waals surface area (Å²) in [7, 11) is -9.90. The summed E-state index contributed by atoms with van der Waals surface area (Å²) < 4.78 is 68.2. The normalized spacial score (nSPS) is 14.5. The quantitative estimate of drug-likeness (QED) is 0.0222. The van der Waals surface area contributed by atoms with E-state index in [0.29, 0.717) is 31.6 Å². The third-order valence-corrected chi connectivity index (χ3v) is 18.2. The number of phosphoric acid groups is 2. The first kappa shape index (κ1) is 86.1. The Morgan fingerprint density at radius 1 is 0.330 bits per heavy atom. The predicted octanol–water partition coefficient (Wildman–Crippen LogP) is 19.6. The van der Waals surface area contributed by atoms with Crippen molar-refractivity contribution in [1.29, 1.82) is 0 Å². The molecular formula is C69H134O17P2. The van der Waals surface area contributed by atoms with Crippen LogP contribution >= 0.6 is 15.6 Å². The van der Waals surface area contributed by atoms with E-state index < -0.39 is 97.5 Å². The minimum absolute atomic E-state index is 0.102. The zero-order chi connectivity index (χ0) is 65.0. The molecule has 3 N–H and O–H groups in total. The lowest BCUT2D eigenvalue weighted by atomic mass is 10.00. The molecule has 0 amide bonds. The van der Waals surface area contributed by atoms with Gasteiger partial charge in [0.25, 0.3) is 0 Å². The van der Waals surface area contributed by atoms with Gasteiger partial charge in [-0.2, -0.15) is 0 Å². The summed E-state index contributed by atoms with van der Waals surface area (Å²) in [5, 5.41) is 10.6. The number of hydrogen-bond acceptors (Lipinski definition) is 15. The van der Waals surface area contributed by atoms with Gasteiger partial charge in [0.1, 0.15) is 19.3 Å². The Morgan fingerprint density at radius 3 is 0.864 bits per heavy atom. The van der Waals surface area contributed by atoms with E-state index in [1.165, 1.54) is 161 Å². The summed E-state index contributed by atoms with van der Waals surface area (Å²) >= 11 is 0. The summed E-state index contributed by atoms with van der Waals surface area (Å²) in [6, 6.07) is 0. The van der Waals surface area contributed by atoms with Gasteiger partial charge in [0, 0.05) is 25.7 Å². The van der Waals surface area contributed by atoms with Gasteiger partial charge in [-0.3, -0.25) is 37.3 Å². The largest absolute Gasteiger partial charge is 0.472 e. The lowest BCUT2D eigenvalue weighted by molar-refractivity contribution is -0.161. The highest BCUT2D eigenvalue weighted by Gasteiger charge is 2.30. The maximum absolute atomic E-state index is 13.0. The molecule has 0 aliphatic carbocycles. The Hall–Kier alpha value is -1.94. The van der Waals surface area contributed by atoms with Gasteiger partial charge in [0.15, 0.2) is 12.2 Å². The second-order valence-electron chi connectivity index (χ2n) is 25.6. The van der Waals surface area contributed by atoms with E-state index in [0.717, 1.165) is 102 Å². The van der Waals surface area contributed by atoms with Gasteiger partial charge in [-0.15, -0.1) is 0 Å². The predicted molar refractivity (Wildman–Crippen MR) is 354 cm³/mol. The van der Waals surface area contributed by atoms with Crippen molar-refractivity contribution in [3.8, 4) is 0 Å². The number of aliphatic hydroxyl groups excluding tert-OH is 1. The molecule has 0 aromatic rings. The van der Waals surface area contributed by atoms with Crippen molar-refractivity contribution >= 4 is 39.5 Å². The molecule has 0 rings (SSSR count). The molecule has 0 aliphatic heterocycles. The molecule has 88 heavy (non-hydrogen) atoms. The number of hydrogen-bond donors (Lipinski definition) is 3. The number of carbonyl (C=O) groups is 4. The van der Waals surface area contributed by atoms with E-state index in [-0.39, 0.29) is 25.7 Å².